The highest BCUT2D eigenvalue weighted by Gasteiger charge is 2.18. The van der Waals surface area contributed by atoms with Gasteiger partial charge in [-0.25, -0.2) is 14.4 Å². The van der Waals surface area contributed by atoms with Crippen LogP contribution in [0.1, 0.15) is 10.5 Å². The summed E-state index contributed by atoms with van der Waals surface area (Å²) >= 11 is 3.82. The maximum Gasteiger partial charge on any atom is 0.277 e. The Morgan fingerprint density at radius 1 is 1.21 bits per heavy atom. The van der Waals surface area contributed by atoms with Crippen LogP contribution in [0.25, 0.3) is 0 Å². The number of hydrogen-bond acceptors (Lipinski definition) is 8. The van der Waals surface area contributed by atoms with Crippen LogP contribution >= 0.6 is 34.9 Å². The molecule has 0 aliphatic carbocycles. The lowest BCUT2D eigenvalue weighted by Gasteiger charge is -2.10. The van der Waals surface area contributed by atoms with Crippen molar-refractivity contribution in [2.75, 3.05) is 5.32 Å². The quantitative estimate of drug-likeness (QED) is 0.479. The van der Waals surface area contributed by atoms with Gasteiger partial charge in [-0.05, 0) is 48.2 Å². The van der Waals surface area contributed by atoms with Crippen LogP contribution in [0.15, 0.2) is 68.9 Å². The summed E-state index contributed by atoms with van der Waals surface area (Å²) in [5, 5.41) is 15.1. The van der Waals surface area contributed by atoms with Crippen LogP contribution in [-0.2, 0) is 7.05 Å². The number of halogens is 1. The van der Waals surface area contributed by atoms with Crippen LogP contribution < -0.4 is 5.32 Å². The number of aromatic nitrogens is 5. The van der Waals surface area contributed by atoms with Crippen LogP contribution in [0.3, 0.4) is 0 Å². The summed E-state index contributed by atoms with van der Waals surface area (Å²) < 4.78 is 15.0. The van der Waals surface area contributed by atoms with E-state index in [9.17, 15) is 9.18 Å². The fourth-order valence-electron chi connectivity index (χ4n) is 2.23. The average Bonchev–Trinajstić information content (AvgIpc) is 3.37. The van der Waals surface area contributed by atoms with E-state index in [0.29, 0.717) is 20.2 Å². The van der Waals surface area contributed by atoms with Gasteiger partial charge in [-0.2, -0.15) is 0 Å². The van der Waals surface area contributed by atoms with Gasteiger partial charge in [0, 0.05) is 23.0 Å². The summed E-state index contributed by atoms with van der Waals surface area (Å²) in [4.78, 5) is 22.8. The lowest BCUT2D eigenvalue weighted by atomic mass is 10.3. The number of nitrogens with zero attached hydrogens (tertiary/aromatic N) is 5. The molecular formula is C18H12FN6OS3. The number of hydrogen-bond donors (Lipinski definition) is 1. The molecule has 145 valence electrons. The number of carbonyl (C=O) groups excluding carboxylic acids is 1. The zero-order valence-electron chi connectivity index (χ0n) is 14.9. The monoisotopic (exact) mass is 443 g/mol. The first-order valence-electron chi connectivity index (χ1n) is 8.18. The molecule has 1 aromatic carbocycles. The molecule has 0 aliphatic heterocycles. The van der Waals surface area contributed by atoms with Gasteiger partial charge in [0.25, 0.3) is 5.91 Å². The first-order valence-corrected chi connectivity index (χ1v) is 10.6. The molecule has 3 aromatic heterocycles. The Balaban J connectivity index is 1.65. The van der Waals surface area contributed by atoms with Crippen molar-refractivity contribution in [1.29, 1.82) is 0 Å². The van der Waals surface area contributed by atoms with Crippen molar-refractivity contribution < 1.29 is 9.18 Å². The standard InChI is InChI=1S/C18H12FN6OS3/c1-25-10-21-24-18(25)29-14-7-6-13(28-12-4-2-11(19)3-5-12)15(22-14)16(26)23-17-20-8-9-27-17/h2-8,10H,1H3,(H,20,23,26). The molecule has 0 saturated carbocycles. The summed E-state index contributed by atoms with van der Waals surface area (Å²) in [7, 11) is 1.83. The van der Waals surface area contributed by atoms with Crippen LogP contribution in [0.2, 0.25) is 0 Å². The second-order valence-electron chi connectivity index (χ2n) is 5.62. The molecule has 7 nitrogen and oxygen atoms in total. The molecule has 1 N–H and O–H groups in total. The molecule has 11 heteroatoms. The molecule has 1 amide bonds. The SMILES string of the molecule is Cn1cnnc1Sc1ccc(Sc2ccc(F)cc2)c(C(=O)Nc2nc[c]s2)n1. The minimum atomic E-state index is -0.390. The van der Waals surface area contributed by atoms with Gasteiger partial charge in [-0.3, -0.25) is 10.1 Å². The molecule has 0 bridgehead atoms. The summed E-state index contributed by atoms with van der Waals surface area (Å²) in [5.74, 6) is -0.709. The lowest BCUT2D eigenvalue weighted by molar-refractivity contribution is 0.101. The number of anilines is 1. The van der Waals surface area contributed by atoms with Crippen molar-refractivity contribution in [2.24, 2.45) is 7.05 Å². The molecule has 0 unspecified atom stereocenters. The van der Waals surface area contributed by atoms with Gasteiger partial charge < -0.3 is 4.57 Å². The minimum absolute atomic E-state index is 0.238. The van der Waals surface area contributed by atoms with E-state index in [4.69, 9.17) is 0 Å². The molecule has 3 heterocycles. The first-order chi connectivity index (χ1) is 14.1. The van der Waals surface area contributed by atoms with Crippen LogP contribution in [0.5, 0.6) is 0 Å². The Kier molecular flexibility index (Phi) is 5.88. The Hall–Kier alpha value is -2.76. The maximum atomic E-state index is 13.2. The number of rotatable bonds is 6. The Morgan fingerprint density at radius 3 is 2.72 bits per heavy atom. The second-order valence-corrected chi connectivity index (χ2v) is 8.55. The Bertz CT molecular complexity index is 1130. The maximum absolute atomic E-state index is 13.2. The number of pyridine rings is 1. The first kappa shape index (κ1) is 19.6. The smallest absolute Gasteiger partial charge is 0.277 e. The summed E-state index contributed by atoms with van der Waals surface area (Å²) in [5.41, 5.74) is 0.238. The lowest BCUT2D eigenvalue weighted by Crippen LogP contribution is -2.15. The van der Waals surface area contributed by atoms with Crippen molar-refractivity contribution in [1.82, 2.24) is 24.7 Å². The van der Waals surface area contributed by atoms with Crippen molar-refractivity contribution in [3.05, 3.63) is 65.8 Å². The van der Waals surface area contributed by atoms with Crippen LogP contribution in [0, 0.1) is 11.2 Å². The minimum Gasteiger partial charge on any atom is -0.311 e. The van der Waals surface area contributed by atoms with E-state index >= 15 is 0 Å². The van der Waals surface area contributed by atoms with E-state index in [1.807, 2.05) is 13.1 Å². The fourth-order valence-corrected chi connectivity index (χ4v) is 4.33. The van der Waals surface area contributed by atoms with E-state index in [2.05, 4.69) is 30.9 Å². The Morgan fingerprint density at radius 2 is 2.03 bits per heavy atom. The average molecular weight is 444 g/mol. The van der Waals surface area contributed by atoms with Crippen molar-refractivity contribution in [3.8, 4) is 0 Å². The van der Waals surface area contributed by atoms with Gasteiger partial charge in [-0.15, -0.1) is 10.2 Å². The zero-order valence-corrected chi connectivity index (χ0v) is 17.3. The predicted octanol–water partition coefficient (Wildman–Crippen LogP) is 4.16. The Labute approximate surface area is 177 Å². The van der Waals surface area contributed by atoms with Gasteiger partial charge in [0.15, 0.2) is 10.3 Å². The zero-order chi connectivity index (χ0) is 20.2. The molecule has 0 spiro atoms. The summed E-state index contributed by atoms with van der Waals surface area (Å²) in [6.07, 6.45) is 3.08. The van der Waals surface area contributed by atoms with E-state index < -0.39 is 5.91 Å². The molecule has 0 atom stereocenters. The largest absolute Gasteiger partial charge is 0.311 e. The molecule has 0 saturated heterocycles. The van der Waals surface area contributed by atoms with Crippen LogP contribution in [0.4, 0.5) is 9.52 Å². The van der Waals surface area contributed by atoms with Gasteiger partial charge in [-0.1, -0.05) is 23.1 Å². The normalized spacial score (nSPS) is 10.8. The van der Waals surface area contributed by atoms with Gasteiger partial charge >= 0.3 is 0 Å². The predicted molar refractivity (Wildman–Crippen MR) is 109 cm³/mol. The van der Waals surface area contributed by atoms with Gasteiger partial charge in [0.1, 0.15) is 22.9 Å². The van der Waals surface area contributed by atoms with Gasteiger partial charge in [0.05, 0.1) is 5.38 Å². The highest BCUT2D eigenvalue weighted by atomic mass is 32.2. The van der Waals surface area contributed by atoms with E-state index in [1.54, 1.807) is 29.1 Å². The fraction of sp³-hybridized carbons (Fsp3) is 0.0556. The van der Waals surface area contributed by atoms with Crippen molar-refractivity contribution >= 4 is 45.9 Å². The van der Waals surface area contributed by atoms with E-state index in [1.165, 1.54) is 53.2 Å². The highest BCUT2D eigenvalue weighted by Crippen LogP contribution is 2.33. The second kappa shape index (κ2) is 8.72. The molecule has 1 radical (unpaired) electrons. The van der Waals surface area contributed by atoms with Crippen molar-refractivity contribution in [2.45, 2.75) is 20.0 Å². The molecule has 0 fully saturated rings. The number of carbonyl (C=O) groups is 1. The number of aryl methyl sites for hydroxylation is 1. The molecule has 4 aromatic rings. The molecule has 4 rings (SSSR count). The third-order valence-corrected chi connectivity index (χ3v) is 6.24. The van der Waals surface area contributed by atoms with E-state index in [-0.39, 0.29) is 11.5 Å². The van der Waals surface area contributed by atoms with Crippen molar-refractivity contribution in [3.63, 3.8) is 0 Å². The number of amides is 1. The number of thiazole rings is 1. The summed E-state index contributed by atoms with van der Waals surface area (Å²) in [6.45, 7) is 0. The topological polar surface area (TPSA) is 85.6 Å². The number of nitrogens with one attached hydrogen (secondary N) is 1. The highest BCUT2D eigenvalue weighted by molar-refractivity contribution is 7.99. The molecule has 0 aliphatic rings. The van der Waals surface area contributed by atoms with E-state index in [0.717, 1.165) is 4.90 Å². The third-order valence-electron chi connectivity index (χ3n) is 3.57. The number of benzene rings is 1. The molecular weight excluding hydrogens is 431 g/mol. The van der Waals surface area contributed by atoms with Crippen LogP contribution in [-0.4, -0.2) is 30.6 Å². The summed E-state index contributed by atoms with van der Waals surface area (Å²) in [6, 6.07) is 9.67. The third kappa shape index (κ3) is 4.81. The van der Waals surface area contributed by atoms with Gasteiger partial charge in [0.2, 0.25) is 0 Å². The molecule has 29 heavy (non-hydrogen) atoms.